The van der Waals surface area contributed by atoms with E-state index in [0.29, 0.717) is 6.42 Å². The minimum absolute atomic E-state index is 0.0231. The maximum Gasteiger partial charge on any atom is 0.266 e. The van der Waals surface area contributed by atoms with Crippen molar-refractivity contribution in [2.24, 2.45) is 0 Å². The summed E-state index contributed by atoms with van der Waals surface area (Å²) in [4.78, 5) is 0. The Hall–Kier alpha value is 0.250. The first-order valence-electron chi connectivity index (χ1n) is 2.29. The highest BCUT2D eigenvalue weighted by Crippen LogP contribution is 1.88. The zero-order chi connectivity index (χ0) is 7.33. The maximum absolute atomic E-state index is 10.1. The van der Waals surface area contributed by atoms with Gasteiger partial charge >= 0.3 is 0 Å². The standard InChI is InChI=1S/C3H8O4S2/c4-2-1-3-7-9(5,6)8/h4H,1-3H2,(H,5,6,8). The Balaban J connectivity index is 3.30. The summed E-state index contributed by atoms with van der Waals surface area (Å²) in [6.07, 6.45) is 0.328. The van der Waals surface area contributed by atoms with Gasteiger partial charge in [-0.2, -0.15) is 4.21 Å². The molecule has 9 heavy (non-hydrogen) atoms. The van der Waals surface area contributed by atoms with E-state index < -0.39 is 9.05 Å². The first-order chi connectivity index (χ1) is 4.06. The van der Waals surface area contributed by atoms with E-state index in [9.17, 15) is 4.21 Å². The van der Waals surface area contributed by atoms with Gasteiger partial charge in [-0.3, -0.25) is 8.74 Å². The number of hydrogen-bond donors (Lipinski definition) is 2. The summed E-state index contributed by atoms with van der Waals surface area (Å²) < 4.78 is 22.6. The van der Waals surface area contributed by atoms with E-state index in [-0.39, 0.29) is 13.2 Å². The van der Waals surface area contributed by atoms with Gasteiger partial charge in [0.15, 0.2) is 0 Å². The predicted octanol–water partition coefficient (Wildman–Crippen LogP) is -0.480. The lowest BCUT2D eigenvalue weighted by Crippen LogP contribution is -2.04. The summed E-state index contributed by atoms with van der Waals surface area (Å²) in [5.41, 5.74) is 0. The van der Waals surface area contributed by atoms with E-state index in [1.54, 1.807) is 0 Å². The minimum Gasteiger partial charge on any atom is -0.396 e. The van der Waals surface area contributed by atoms with Gasteiger partial charge in [-0.1, -0.05) is 0 Å². The molecule has 1 atom stereocenters. The Morgan fingerprint density at radius 2 is 2.22 bits per heavy atom. The summed E-state index contributed by atoms with van der Waals surface area (Å²) in [5, 5.41) is 8.17. The average Bonchev–Trinajstić information content (AvgIpc) is 1.63. The van der Waals surface area contributed by atoms with E-state index in [0.717, 1.165) is 0 Å². The Morgan fingerprint density at radius 3 is 2.56 bits per heavy atom. The molecule has 0 amide bonds. The minimum atomic E-state index is -3.47. The van der Waals surface area contributed by atoms with Crippen LogP contribution in [0.2, 0.25) is 0 Å². The Kier molecular flexibility index (Phi) is 4.24. The first kappa shape index (κ1) is 9.25. The van der Waals surface area contributed by atoms with E-state index in [1.165, 1.54) is 0 Å². The van der Waals surface area contributed by atoms with Crippen molar-refractivity contribution in [3.05, 3.63) is 0 Å². The van der Waals surface area contributed by atoms with Gasteiger partial charge in [0.1, 0.15) is 0 Å². The van der Waals surface area contributed by atoms with Crippen LogP contribution in [-0.4, -0.2) is 27.1 Å². The highest BCUT2D eigenvalue weighted by molar-refractivity contribution is 8.27. The Morgan fingerprint density at radius 1 is 1.67 bits per heavy atom. The molecule has 0 heterocycles. The van der Waals surface area contributed by atoms with Crippen LogP contribution in [0, 0.1) is 0 Å². The number of rotatable bonds is 4. The van der Waals surface area contributed by atoms with Crippen LogP contribution in [0.3, 0.4) is 0 Å². The van der Waals surface area contributed by atoms with Crippen LogP contribution in [-0.2, 0) is 24.4 Å². The summed E-state index contributed by atoms with van der Waals surface area (Å²) in [6, 6.07) is 0. The maximum atomic E-state index is 10.1. The van der Waals surface area contributed by atoms with E-state index >= 15 is 0 Å². The lowest BCUT2D eigenvalue weighted by molar-refractivity contribution is 0.233. The fraction of sp³-hybridized carbons (Fsp3) is 1.00. The van der Waals surface area contributed by atoms with Crippen LogP contribution in [0.5, 0.6) is 0 Å². The molecule has 4 nitrogen and oxygen atoms in total. The normalized spacial score (nSPS) is 17.1. The van der Waals surface area contributed by atoms with Crippen molar-refractivity contribution >= 4 is 20.2 Å². The Labute approximate surface area is 58.5 Å². The predicted molar refractivity (Wildman–Crippen MR) is 35.8 cm³/mol. The van der Waals surface area contributed by atoms with Crippen molar-refractivity contribution in [1.29, 1.82) is 0 Å². The second-order valence-corrected chi connectivity index (χ2v) is 3.68. The van der Waals surface area contributed by atoms with Gasteiger partial charge in [0.05, 0.1) is 6.61 Å². The van der Waals surface area contributed by atoms with Crippen LogP contribution in [0.1, 0.15) is 6.42 Å². The topological polar surface area (TPSA) is 66.8 Å². The second-order valence-electron chi connectivity index (χ2n) is 1.33. The highest BCUT2D eigenvalue weighted by Gasteiger charge is 1.96. The molecule has 0 aliphatic heterocycles. The molecule has 56 valence electrons. The van der Waals surface area contributed by atoms with E-state index in [4.69, 9.17) is 9.66 Å². The van der Waals surface area contributed by atoms with Gasteiger partial charge in [0.2, 0.25) is 0 Å². The molecule has 0 radical (unpaired) electrons. The molecular weight excluding hydrogens is 164 g/mol. The molecule has 0 aliphatic carbocycles. The van der Waals surface area contributed by atoms with Crippen LogP contribution >= 0.6 is 0 Å². The monoisotopic (exact) mass is 172 g/mol. The smallest absolute Gasteiger partial charge is 0.266 e. The molecule has 2 N–H and O–H groups in total. The lowest BCUT2D eigenvalue weighted by atomic mass is 10.5. The summed E-state index contributed by atoms with van der Waals surface area (Å²) in [7, 11) is -3.47. The molecular formula is C3H8O4S2. The molecule has 0 fully saturated rings. The third-order valence-electron chi connectivity index (χ3n) is 0.535. The summed E-state index contributed by atoms with van der Waals surface area (Å²) >= 11 is 3.98. The SMILES string of the molecule is O=S(O)(=S)OCCCO. The number of aliphatic hydroxyl groups is 1. The molecule has 0 aliphatic rings. The highest BCUT2D eigenvalue weighted by atomic mass is 32.9. The third kappa shape index (κ3) is 8.25. The van der Waals surface area contributed by atoms with Gasteiger partial charge in [-0.25, -0.2) is 0 Å². The number of aliphatic hydroxyl groups excluding tert-OH is 1. The van der Waals surface area contributed by atoms with Crippen molar-refractivity contribution in [3.63, 3.8) is 0 Å². The van der Waals surface area contributed by atoms with Crippen molar-refractivity contribution in [3.8, 4) is 0 Å². The molecule has 6 heteroatoms. The molecule has 0 spiro atoms. The molecule has 0 saturated heterocycles. The first-order valence-corrected chi connectivity index (χ1v) is 4.65. The van der Waals surface area contributed by atoms with Gasteiger partial charge < -0.3 is 5.11 Å². The number of hydrogen-bond acceptors (Lipinski definition) is 4. The molecule has 0 saturated carbocycles. The van der Waals surface area contributed by atoms with Gasteiger partial charge in [0.25, 0.3) is 9.05 Å². The summed E-state index contributed by atoms with van der Waals surface area (Å²) in [6.45, 7) is -0.0415. The van der Waals surface area contributed by atoms with Crippen LogP contribution in [0.4, 0.5) is 0 Å². The zero-order valence-electron chi connectivity index (χ0n) is 4.65. The van der Waals surface area contributed by atoms with Crippen molar-refractivity contribution in [2.45, 2.75) is 6.42 Å². The third-order valence-corrected chi connectivity index (χ3v) is 1.29. The average molecular weight is 172 g/mol. The largest absolute Gasteiger partial charge is 0.396 e. The fourth-order valence-corrected chi connectivity index (χ4v) is 0.761. The second kappa shape index (κ2) is 4.13. The van der Waals surface area contributed by atoms with Crippen molar-refractivity contribution in [1.82, 2.24) is 0 Å². The Bertz CT molecular complexity index is 149. The zero-order valence-corrected chi connectivity index (χ0v) is 6.28. The molecule has 0 aromatic carbocycles. The molecule has 1 unspecified atom stereocenters. The quantitative estimate of drug-likeness (QED) is 0.561. The van der Waals surface area contributed by atoms with Crippen LogP contribution in [0.15, 0.2) is 0 Å². The fourth-order valence-electron chi connectivity index (χ4n) is 0.229. The van der Waals surface area contributed by atoms with Crippen molar-refractivity contribution in [2.75, 3.05) is 13.2 Å². The van der Waals surface area contributed by atoms with Gasteiger partial charge in [-0.15, -0.1) is 0 Å². The lowest BCUT2D eigenvalue weighted by Gasteiger charge is -1.97. The van der Waals surface area contributed by atoms with Crippen LogP contribution < -0.4 is 0 Å². The van der Waals surface area contributed by atoms with Gasteiger partial charge in [-0.05, 0) is 6.42 Å². The van der Waals surface area contributed by atoms with Gasteiger partial charge in [0, 0.05) is 17.8 Å². The molecule has 0 aromatic heterocycles. The summed E-state index contributed by atoms with van der Waals surface area (Å²) in [5.74, 6) is 0. The molecule has 0 rings (SSSR count). The van der Waals surface area contributed by atoms with Crippen LogP contribution in [0.25, 0.3) is 0 Å². The molecule has 0 aromatic rings. The van der Waals surface area contributed by atoms with E-state index in [2.05, 4.69) is 15.4 Å². The molecule has 0 bridgehead atoms. The van der Waals surface area contributed by atoms with E-state index in [1.807, 2.05) is 0 Å². The van der Waals surface area contributed by atoms with Crippen molar-refractivity contribution < 1.29 is 18.1 Å².